The van der Waals surface area contributed by atoms with Gasteiger partial charge in [-0.1, -0.05) is 43.0 Å². The summed E-state index contributed by atoms with van der Waals surface area (Å²) in [4.78, 5) is 0.110. The van der Waals surface area contributed by atoms with Crippen molar-refractivity contribution in [2.75, 3.05) is 0 Å². The molecule has 112 valence electrons. The van der Waals surface area contributed by atoms with Gasteiger partial charge < -0.3 is 0 Å². The molecule has 0 bridgehead atoms. The van der Waals surface area contributed by atoms with Gasteiger partial charge in [0.15, 0.2) is 0 Å². The summed E-state index contributed by atoms with van der Waals surface area (Å²) in [5, 5.41) is 0.674. The van der Waals surface area contributed by atoms with E-state index in [1.807, 2.05) is 0 Å². The molecule has 1 aromatic rings. The van der Waals surface area contributed by atoms with Crippen LogP contribution in [0.1, 0.15) is 38.2 Å². The smallest absolute Gasteiger partial charge is 0.208 e. The van der Waals surface area contributed by atoms with Crippen LogP contribution in [-0.4, -0.2) is 14.5 Å². The van der Waals surface area contributed by atoms with Crippen molar-refractivity contribution < 1.29 is 8.42 Å². The molecule has 0 spiro atoms. The quantitative estimate of drug-likeness (QED) is 0.901. The van der Waals surface area contributed by atoms with Gasteiger partial charge in [0, 0.05) is 11.1 Å². The lowest BCUT2D eigenvalue weighted by Gasteiger charge is -2.29. The van der Waals surface area contributed by atoms with Gasteiger partial charge in [0.05, 0.1) is 5.02 Å². The van der Waals surface area contributed by atoms with E-state index in [-0.39, 0.29) is 16.0 Å². The molecule has 3 nitrogen and oxygen atoms in total. The maximum absolute atomic E-state index is 12.5. The number of hydrogen-bond acceptors (Lipinski definition) is 2. The second kappa shape index (κ2) is 6.22. The Morgan fingerprint density at radius 3 is 2.50 bits per heavy atom. The largest absolute Gasteiger partial charge is 0.242 e. The Morgan fingerprint density at radius 1 is 1.20 bits per heavy atom. The van der Waals surface area contributed by atoms with Crippen LogP contribution < -0.4 is 4.72 Å². The third-order valence-corrected chi connectivity index (χ3v) is 6.53. The van der Waals surface area contributed by atoms with Crippen molar-refractivity contribution in [2.24, 2.45) is 5.92 Å². The van der Waals surface area contributed by atoms with Gasteiger partial charge in [0.25, 0.3) is 0 Å². The molecule has 1 aliphatic carbocycles. The lowest BCUT2D eigenvalue weighted by Crippen LogP contribution is -2.41. The summed E-state index contributed by atoms with van der Waals surface area (Å²) in [5.74, 6) is 0.352. The predicted octanol–water partition coefficient (Wildman–Crippen LogP) is 4.16. The van der Waals surface area contributed by atoms with Crippen LogP contribution in [0.2, 0.25) is 10.0 Å². The molecule has 6 heteroatoms. The summed E-state index contributed by atoms with van der Waals surface area (Å²) in [6, 6.07) is 3.02. The van der Waals surface area contributed by atoms with Crippen LogP contribution in [0.5, 0.6) is 0 Å². The Morgan fingerprint density at radius 2 is 1.85 bits per heavy atom. The summed E-state index contributed by atoms with van der Waals surface area (Å²) >= 11 is 12.1. The number of nitrogens with one attached hydrogen (secondary N) is 1. The van der Waals surface area contributed by atoms with E-state index in [0.717, 1.165) is 19.3 Å². The van der Waals surface area contributed by atoms with E-state index in [9.17, 15) is 8.42 Å². The zero-order chi connectivity index (χ0) is 14.9. The van der Waals surface area contributed by atoms with Gasteiger partial charge in [-0.25, -0.2) is 13.1 Å². The van der Waals surface area contributed by atoms with Crippen LogP contribution in [0.15, 0.2) is 17.0 Å². The molecule has 2 rings (SSSR count). The highest BCUT2D eigenvalue weighted by atomic mass is 35.5. The highest BCUT2D eigenvalue weighted by Gasteiger charge is 2.28. The van der Waals surface area contributed by atoms with Crippen LogP contribution in [0, 0.1) is 12.8 Å². The molecule has 0 aromatic heterocycles. The van der Waals surface area contributed by atoms with E-state index >= 15 is 0 Å². The van der Waals surface area contributed by atoms with Crippen molar-refractivity contribution in [3.8, 4) is 0 Å². The van der Waals surface area contributed by atoms with Crippen molar-refractivity contribution in [3.05, 3.63) is 27.7 Å². The Labute approximate surface area is 130 Å². The molecule has 0 radical (unpaired) electrons. The molecule has 1 N–H and O–H groups in total. The van der Waals surface area contributed by atoms with E-state index in [2.05, 4.69) is 11.6 Å². The molecule has 1 saturated carbocycles. The van der Waals surface area contributed by atoms with Crippen molar-refractivity contribution in [1.29, 1.82) is 0 Å². The monoisotopic (exact) mass is 335 g/mol. The fraction of sp³-hybridized carbons (Fsp3) is 0.571. The number of hydrogen-bond donors (Lipinski definition) is 1. The molecule has 0 unspecified atom stereocenters. The zero-order valence-electron chi connectivity index (χ0n) is 11.6. The van der Waals surface area contributed by atoms with Crippen molar-refractivity contribution in [3.63, 3.8) is 0 Å². The summed E-state index contributed by atoms with van der Waals surface area (Å²) in [6.45, 7) is 3.80. The molecule has 2 atom stereocenters. The topological polar surface area (TPSA) is 46.2 Å². The van der Waals surface area contributed by atoms with E-state index in [1.54, 1.807) is 13.0 Å². The van der Waals surface area contributed by atoms with Crippen molar-refractivity contribution in [2.45, 2.75) is 50.5 Å². The third kappa shape index (κ3) is 3.30. The van der Waals surface area contributed by atoms with E-state index in [0.29, 0.717) is 16.5 Å². The minimum atomic E-state index is -3.60. The zero-order valence-corrected chi connectivity index (χ0v) is 13.9. The van der Waals surface area contributed by atoms with Crippen molar-refractivity contribution >= 4 is 33.2 Å². The normalized spacial score (nSPS) is 23.8. The number of sulfonamides is 1. The van der Waals surface area contributed by atoms with Crippen LogP contribution >= 0.6 is 23.2 Å². The lowest BCUT2D eigenvalue weighted by molar-refractivity contribution is 0.310. The maximum Gasteiger partial charge on any atom is 0.242 e. The van der Waals surface area contributed by atoms with Gasteiger partial charge in [-0.05, 0) is 43.4 Å². The molecule has 1 fully saturated rings. The van der Waals surface area contributed by atoms with E-state index < -0.39 is 10.0 Å². The molecule has 0 aliphatic heterocycles. The van der Waals surface area contributed by atoms with E-state index in [4.69, 9.17) is 23.2 Å². The molecule has 20 heavy (non-hydrogen) atoms. The van der Waals surface area contributed by atoms with Crippen LogP contribution in [0.4, 0.5) is 0 Å². The Balaban J connectivity index is 2.29. The van der Waals surface area contributed by atoms with Gasteiger partial charge in [-0.3, -0.25) is 0 Å². The highest BCUT2D eigenvalue weighted by molar-refractivity contribution is 7.89. The first-order valence-electron chi connectivity index (χ1n) is 6.80. The fourth-order valence-corrected chi connectivity index (χ4v) is 4.79. The first-order chi connectivity index (χ1) is 9.33. The van der Waals surface area contributed by atoms with E-state index in [1.165, 1.54) is 12.5 Å². The minimum Gasteiger partial charge on any atom is -0.208 e. The molecule has 0 heterocycles. The lowest BCUT2D eigenvalue weighted by atomic mass is 9.87. The third-order valence-electron chi connectivity index (χ3n) is 3.99. The number of rotatable bonds is 3. The van der Waals surface area contributed by atoms with Gasteiger partial charge in [-0.2, -0.15) is 0 Å². The first-order valence-corrected chi connectivity index (χ1v) is 9.04. The number of halogens is 2. The average molecular weight is 336 g/mol. The molecular formula is C14H19Cl2NO2S. The van der Waals surface area contributed by atoms with Crippen LogP contribution in [0.25, 0.3) is 0 Å². The minimum absolute atomic E-state index is 0.0131. The van der Waals surface area contributed by atoms with Gasteiger partial charge in [0.1, 0.15) is 4.90 Å². The van der Waals surface area contributed by atoms with Crippen LogP contribution in [0.3, 0.4) is 0 Å². The van der Waals surface area contributed by atoms with Crippen molar-refractivity contribution in [1.82, 2.24) is 4.72 Å². The standard InChI is InChI=1S/C14H19Cl2NO2S/c1-9-5-3-4-6-12(9)17-20(18,19)13-8-7-11(15)10(2)14(13)16/h7-9,12,17H,3-6H2,1-2H3/t9-,12+/m0/s1. The Hall–Kier alpha value is -0.290. The Kier molecular flexibility index (Phi) is 5.00. The number of benzene rings is 1. The summed E-state index contributed by atoms with van der Waals surface area (Å²) in [5.41, 5.74) is 0.591. The molecule has 1 aromatic carbocycles. The summed E-state index contributed by atoms with van der Waals surface area (Å²) < 4.78 is 27.8. The van der Waals surface area contributed by atoms with Gasteiger partial charge >= 0.3 is 0 Å². The highest BCUT2D eigenvalue weighted by Crippen LogP contribution is 2.31. The average Bonchev–Trinajstić information content (AvgIpc) is 2.38. The predicted molar refractivity (Wildman–Crippen MR) is 82.9 cm³/mol. The van der Waals surface area contributed by atoms with Crippen LogP contribution in [-0.2, 0) is 10.0 Å². The second-order valence-corrected chi connectivity index (χ2v) is 7.94. The molecule has 0 amide bonds. The van der Waals surface area contributed by atoms with Gasteiger partial charge in [0.2, 0.25) is 10.0 Å². The molecule has 0 saturated heterocycles. The second-order valence-electron chi connectivity index (χ2n) is 5.47. The Bertz CT molecular complexity index is 601. The van der Waals surface area contributed by atoms with Gasteiger partial charge in [-0.15, -0.1) is 0 Å². The fourth-order valence-electron chi connectivity index (χ4n) is 2.60. The summed E-state index contributed by atoms with van der Waals surface area (Å²) in [7, 11) is -3.60. The molecule has 1 aliphatic rings. The first kappa shape index (κ1) is 16.1. The SMILES string of the molecule is Cc1c(Cl)ccc(S(=O)(=O)N[C@@H]2CCCC[C@@H]2C)c1Cl. The summed E-state index contributed by atoms with van der Waals surface area (Å²) in [6.07, 6.45) is 4.16. The molecular weight excluding hydrogens is 317 g/mol. The maximum atomic E-state index is 12.5.